The summed E-state index contributed by atoms with van der Waals surface area (Å²) in [6.45, 7) is 15.5. The molecule has 0 radical (unpaired) electrons. The molecule has 1 unspecified atom stereocenters. The van der Waals surface area contributed by atoms with E-state index < -0.39 is 14.1 Å². The molecule has 0 N–H and O–H groups in total. The fraction of sp³-hybridized carbons (Fsp3) is 0.579. The van der Waals surface area contributed by atoms with Gasteiger partial charge in [-0.3, -0.25) is 0 Å². The van der Waals surface area contributed by atoms with Crippen LogP contribution < -0.4 is 0 Å². The van der Waals surface area contributed by atoms with Gasteiger partial charge < -0.3 is 9.16 Å². The third-order valence-electron chi connectivity index (χ3n) is 3.77. The zero-order chi connectivity index (χ0) is 16.6. The van der Waals surface area contributed by atoms with E-state index in [4.69, 9.17) is 9.16 Å². The van der Waals surface area contributed by atoms with Crippen molar-refractivity contribution in [2.45, 2.75) is 66.0 Å². The van der Waals surface area contributed by atoms with Crippen LogP contribution in [0.25, 0.3) is 0 Å². The van der Waals surface area contributed by atoms with Gasteiger partial charge in [-0.15, -0.1) is 0 Å². The topological polar surface area (TPSA) is 18.5 Å². The van der Waals surface area contributed by atoms with Gasteiger partial charge in [-0.25, -0.2) is 0 Å². The van der Waals surface area contributed by atoms with Crippen molar-refractivity contribution in [3.05, 3.63) is 47.3 Å². The lowest BCUT2D eigenvalue weighted by Crippen LogP contribution is -2.49. The van der Waals surface area contributed by atoms with Crippen molar-refractivity contribution < 1.29 is 9.16 Å². The third kappa shape index (κ3) is 4.02. The number of rotatable bonds is 4. The molecule has 0 heterocycles. The van der Waals surface area contributed by atoms with E-state index in [2.05, 4.69) is 77.7 Å². The number of ether oxygens (including phenoxy) is 1. The molecule has 2 aliphatic carbocycles. The van der Waals surface area contributed by atoms with Gasteiger partial charge in [0, 0.05) is 12.0 Å². The Morgan fingerprint density at radius 2 is 1.82 bits per heavy atom. The Kier molecular flexibility index (Phi) is 4.60. The average Bonchev–Trinajstić information content (AvgIpc) is 2.81. The second-order valence-corrected chi connectivity index (χ2v) is 12.7. The average molecular weight is 319 g/mol. The second kappa shape index (κ2) is 5.86. The first-order valence-corrected chi connectivity index (χ1v) is 11.6. The summed E-state index contributed by atoms with van der Waals surface area (Å²) in [5, 5.41) is 0. The molecule has 0 saturated heterocycles. The minimum absolute atomic E-state index is 0.00194. The van der Waals surface area contributed by atoms with Gasteiger partial charge >= 0.3 is 0 Å². The Bertz CT molecular complexity index is 553. The first-order chi connectivity index (χ1) is 10.0. The van der Waals surface area contributed by atoms with E-state index in [0.29, 0.717) is 0 Å². The van der Waals surface area contributed by atoms with Gasteiger partial charge in [0.2, 0.25) is 5.79 Å². The van der Waals surface area contributed by atoms with Crippen LogP contribution in [0.4, 0.5) is 0 Å². The molecule has 0 spiro atoms. The van der Waals surface area contributed by atoms with Gasteiger partial charge in [0.25, 0.3) is 0 Å². The molecule has 122 valence electrons. The molecule has 2 rings (SSSR count). The maximum atomic E-state index is 6.64. The Morgan fingerprint density at radius 1 is 1.14 bits per heavy atom. The van der Waals surface area contributed by atoms with E-state index in [1.165, 1.54) is 11.1 Å². The van der Waals surface area contributed by atoms with Crippen LogP contribution in [0.5, 0.6) is 0 Å². The summed E-state index contributed by atoms with van der Waals surface area (Å²) in [5.74, 6) is 0.268. The smallest absolute Gasteiger partial charge is 0.228 e. The molecular weight excluding hydrogens is 288 g/mol. The van der Waals surface area contributed by atoms with Crippen molar-refractivity contribution >= 4 is 8.32 Å². The molecule has 2 nitrogen and oxygen atoms in total. The Morgan fingerprint density at radius 3 is 2.32 bits per heavy atom. The first-order valence-electron chi connectivity index (χ1n) is 8.17. The zero-order valence-corrected chi connectivity index (χ0v) is 16.1. The highest BCUT2D eigenvalue weighted by atomic mass is 28.4. The summed E-state index contributed by atoms with van der Waals surface area (Å²) in [7, 11) is -1.78. The summed E-state index contributed by atoms with van der Waals surface area (Å²) in [5.41, 5.74) is 2.53. The van der Waals surface area contributed by atoms with Crippen LogP contribution in [-0.2, 0) is 9.16 Å². The van der Waals surface area contributed by atoms with Crippen molar-refractivity contribution in [3.8, 4) is 0 Å². The number of allylic oxidation sites excluding steroid dienone is 5. The molecule has 0 aromatic rings. The molecular formula is C19H30O2Si. The standard InChI is InChI=1S/C19H30O2Si/c1-15-12-13-19(21-22(5,6)7,17(14-15)18(2,3)4)20-16-10-8-9-11-16/h8,10-12,14H,9,13H2,1-7H3. The molecule has 0 aromatic heterocycles. The van der Waals surface area contributed by atoms with Gasteiger partial charge in [0.15, 0.2) is 8.32 Å². The van der Waals surface area contributed by atoms with Gasteiger partial charge in [-0.2, -0.15) is 0 Å². The highest BCUT2D eigenvalue weighted by molar-refractivity contribution is 6.69. The van der Waals surface area contributed by atoms with E-state index in [-0.39, 0.29) is 5.41 Å². The monoisotopic (exact) mass is 318 g/mol. The van der Waals surface area contributed by atoms with Gasteiger partial charge in [0.1, 0.15) is 5.76 Å². The molecule has 0 fully saturated rings. The van der Waals surface area contributed by atoms with E-state index in [0.717, 1.165) is 18.6 Å². The van der Waals surface area contributed by atoms with Crippen molar-refractivity contribution in [2.24, 2.45) is 5.41 Å². The summed E-state index contributed by atoms with van der Waals surface area (Å²) in [6, 6.07) is 0. The molecule has 3 heteroatoms. The summed E-state index contributed by atoms with van der Waals surface area (Å²) < 4.78 is 13.1. The zero-order valence-electron chi connectivity index (χ0n) is 15.1. The Hall–Kier alpha value is -1.06. The van der Waals surface area contributed by atoms with Crippen molar-refractivity contribution in [2.75, 3.05) is 0 Å². The van der Waals surface area contributed by atoms with Crippen molar-refractivity contribution in [1.29, 1.82) is 0 Å². The molecule has 0 aromatic carbocycles. The SMILES string of the molecule is CC1=CCC(OC2=CCC=C2)(O[Si](C)(C)C)C(C(C)(C)C)=C1. The van der Waals surface area contributed by atoms with Crippen LogP contribution in [0.2, 0.25) is 19.6 Å². The van der Waals surface area contributed by atoms with Crippen molar-refractivity contribution in [1.82, 2.24) is 0 Å². The van der Waals surface area contributed by atoms with Crippen LogP contribution in [0.1, 0.15) is 40.5 Å². The normalized spacial score (nSPS) is 25.7. The lowest BCUT2D eigenvalue weighted by molar-refractivity contribution is -0.135. The summed E-state index contributed by atoms with van der Waals surface area (Å²) in [6.07, 6.45) is 12.5. The van der Waals surface area contributed by atoms with Gasteiger partial charge in [0.05, 0.1) is 0 Å². The van der Waals surface area contributed by atoms with Crippen LogP contribution in [-0.4, -0.2) is 14.1 Å². The van der Waals surface area contributed by atoms with E-state index in [1.807, 2.05) is 0 Å². The lowest BCUT2D eigenvalue weighted by atomic mass is 9.77. The predicted molar refractivity (Wildman–Crippen MR) is 96.0 cm³/mol. The molecule has 0 aliphatic heterocycles. The quantitative estimate of drug-likeness (QED) is 0.488. The molecule has 0 saturated carbocycles. The van der Waals surface area contributed by atoms with Crippen LogP contribution in [0.3, 0.4) is 0 Å². The Balaban J connectivity index is 2.47. The van der Waals surface area contributed by atoms with E-state index in [1.54, 1.807) is 0 Å². The van der Waals surface area contributed by atoms with Gasteiger partial charge in [-0.05, 0) is 50.6 Å². The molecule has 2 aliphatic rings. The number of hydrogen-bond acceptors (Lipinski definition) is 2. The molecule has 0 bridgehead atoms. The van der Waals surface area contributed by atoms with E-state index in [9.17, 15) is 0 Å². The fourth-order valence-corrected chi connectivity index (χ4v) is 4.23. The maximum absolute atomic E-state index is 6.64. The molecule has 0 amide bonds. The lowest BCUT2D eigenvalue weighted by Gasteiger charge is -2.46. The van der Waals surface area contributed by atoms with Gasteiger partial charge in [-0.1, -0.05) is 44.6 Å². The minimum Gasteiger partial charge on any atom is -0.459 e. The third-order valence-corrected chi connectivity index (χ3v) is 4.72. The van der Waals surface area contributed by atoms with Crippen LogP contribution in [0.15, 0.2) is 47.3 Å². The largest absolute Gasteiger partial charge is 0.459 e. The summed E-state index contributed by atoms with van der Waals surface area (Å²) in [4.78, 5) is 0. The van der Waals surface area contributed by atoms with E-state index >= 15 is 0 Å². The minimum atomic E-state index is -1.78. The predicted octanol–water partition coefficient (Wildman–Crippen LogP) is 5.72. The first kappa shape index (κ1) is 17.3. The highest BCUT2D eigenvalue weighted by Gasteiger charge is 2.46. The maximum Gasteiger partial charge on any atom is 0.228 e. The van der Waals surface area contributed by atoms with Crippen molar-refractivity contribution in [3.63, 3.8) is 0 Å². The Labute approximate surface area is 136 Å². The summed E-state index contributed by atoms with van der Waals surface area (Å²) >= 11 is 0. The molecule has 1 atom stereocenters. The molecule has 22 heavy (non-hydrogen) atoms. The highest BCUT2D eigenvalue weighted by Crippen LogP contribution is 2.45. The fourth-order valence-electron chi connectivity index (χ4n) is 3.00. The van der Waals surface area contributed by atoms with Crippen LogP contribution in [0, 0.1) is 5.41 Å². The number of hydrogen-bond donors (Lipinski definition) is 0. The second-order valence-electron chi connectivity index (χ2n) is 8.27. The van der Waals surface area contributed by atoms with Crippen LogP contribution >= 0.6 is 0 Å².